The molecular formula is C14H20N2O5S2. The Kier molecular flexibility index (Phi) is 4.95. The molecule has 0 unspecified atom stereocenters. The van der Waals surface area contributed by atoms with Gasteiger partial charge >= 0.3 is 0 Å². The number of ether oxygens (including phenoxy) is 1. The lowest BCUT2D eigenvalue weighted by atomic mass is 10.2. The third-order valence-electron chi connectivity index (χ3n) is 3.81. The Morgan fingerprint density at radius 3 is 2.70 bits per heavy atom. The summed E-state index contributed by atoms with van der Waals surface area (Å²) in [6.45, 7) is 5.25. The second-order valence-corrected chi connectivity index (χ2v) is 9.22. The molecule has 1 aliphatic rings. The molecule has 0 bridgehead atoms. The van der Waals surface area contributed by atoms with Gasteiger partial charge in [0.1, 0.15) is 5.75 Å². The van der Waals surface area contributed by atoms with Crippen molar-refractivity contribution in [3.8, 4) is 5.75 Å². The van der Waals surface area contributed by atoms with Crippen molar-refractivity contribution in [3.63, 3.8) is 0 Å². The van der Waals surface area contributed by atoms with E-state index in [1.165, 1.54) is 37.9 Å². The Hall–Kier alpha value is -1.29. The molecule has 1 aromatic carbocycles. The second-order valence-electron chi connectivity index (χ2n) is 5.52. The van der Waals surface area contributed by atoms with Crippen molar-refractivity contribution in [2.24, 2.45) is 0 Å². The number of thioether (sulfide) groups is 1. The maximum absolute atomic E-state index is 13.0. The van der Waals surface area contributed by atoms with E-state index >= 15 is 0 Å². The lowest BCUT2D eigenvalue weighted by Gasteiger charge is -2.31. The van der Waals surface area contributed by atoms with Crippen LogP contribution in [0.25, 0.3) is 0 Å². The number of hydroxylamine groups is 1. The molecular weight excluding hydrogens is 340 g/mol. The zero-order chi connectivity index (χ0) is 17.4. The maximum atomic E-state index is 13.0. The number of rotatable bonds is 4. The van der Waals surface area contributed by atoms with Gasteiger partial charge in [-0.05, 0) is 37.6 Å². The summed E-state index contributed by atoms with van der Waals surface area (Å²) < 4.78 is 32.2. The van der Waals surface area contributed by atoms with Crippen molar-refractivity contribution in [3.05, 3.63) is 23.8 Å². The smallest absolute Gasteiger partial charge is 0.274 e. The number of carbonyl (C=O) groups is 1. The van der Waals surface area contributed by atoms with Crippen LogP contribution < -0.4 is 10.2 Å². The van der Waals surface area contributed by atoms with Gasteiger partial charge in [0.15, 0.2) is 4.87 Å². The molecule has 0 spiro atoms. The highest BCUT2D eigenvalue weighted by Gasteiger charge is 2.53. The van der Waals surface area contributed by atoms with Crippen LogP contribution in [0.4, 0.5) is 0 Å². The lowest BCUT2D eigenvalue weighted by Crippen LogP contribution is -2.53. The first kappa shape index (κ1) is 18.1. The fourth-order valence-electron chi connectivity index (χ4n) is 2.63. The summed E-state index contributed by atoms with van der Waals surface area (Å²) in [5, 5.41) is 8.88. The Morgan fingerprint density at radius 1 is 1.52 bits per heavy atom. The Labute approximate surface area is 140 Å². The minimum Gasteiger partial charge on any atom is -0.496 e. The van der Waals surface area contributed by atoms with E-state index in [2.05, 4.69) is 0 Å². The summed E-state index contributed by atoms with van der Waals surface area (Å²) in [7, 11) is -2.38. The predicted octanol–water partition coefficient (Wildman–Crippen LogP) is 1.35. The van der Waals surface area contributed by atoms with E-state index < -0.39 is 20.8 Å². The summed E-state index contributed by atoms with van der Waals surface area (Å²) in [6, 6.07) is 4.55. The van der Waals surface area contributed by atoms with Crippen LogP contribution in [-0.4, -0.2) is 47.6 Å². The highest BCUT2D eigenvalue weighted by molar-refractivity contribution is 8.03. The molecule has 128 valence electrons. The number of sulfonamides is 1. The molecule has 0 aliphatic carbocycles. The minimum absolute atomic E-state index is 0.0774. The van der Waals surface area contributed by atoms with Crippen molar-refractivity contribution < 1.29 is 23.2 Å². The fraction of sp³-hybridized carbons (Fsp3) is 0.500. The molecule has 0 radical (unpaired) electrons. The predicted molar refractivity (Wildman–Crippen MR) is 87.0 cm³/mol. The van der Waals surface area contributed by atoms with Crippen LogP contribution in [0.5, 0.6) is 5.75 Å². The first-order chi connectivity index (χ1) is 10.7. The van der Waals surface area contributed by atoms with Crippen molar-refractivity contribution in [1.82, 2.24) is 9.79 Å². The van der Waals surface area contributed by atoms with Crippen molar-refractivity contribution in [2.75, 3.05) is 13.7 Å². The van der Waals surface area contributed by atoms with Gasteiger partial charge in [-0.1, -0.05) is 6.92 Å². The highest BCUT2D eigenvalue weighted by Crippen LogP contribution is 2.43. The summed E-state index contributed by atoms with van der Waals surface area (Å²) in [4.78, 5) is 10.7. The summed E-state index contributed by atoms with van der Waals surface area (Å²) in [5.74, 6) is -0.176. The first-order valence-electron chi connectivity index (χ1n) is 6.96. The maximum Gasteiger partial charge on any atom is 0.274 e. The third-order valence-corrected chi connectivity index (χ3v) is 7.28. The van der Waals surface area contributed by atoms with Crippen LogP contribution >= 0.6 is 11.8 Å². The number of hydrogen-bond acceptors (Lipinski definition) is 6. The van der Waals surface area contributed by atoms with E-state index in [0.717, 1.165) is 4.31 Å². The molecule has 2 N–H and O–H groups in total. The van der Waals surface area contributed by atoms with Gasteiger partial charge < -0.3 is 4.74 Å². The van der Waals surface area contributed by atoms with E-state index in [1.807, 2.05) is 6.92 Å². The van der Waals surface area contributed by atoms with Crippen LogP contribution in [0.3, 0.4) is 0 Å². The molecule has 0 saturated carbocycles. The van der Waals surface area contributed by atoms with E-state index in [4.69, 9.17) is 9.94 Å². The Balaban J connectivity index is 2.49. The number of benzene rings is 1. The standard InChI is InChI=1S/C14H20N2O5S2/c1-9-7-11(5-6-12(9)21-4)23(19,20)16-8-10(2)22-14(16,3)13(17)15-18/h5-7,10,18H,8H2,1-4H3,(H,15,17)/t10-,14+/m0/s1. The number of nitrogens with one attached hydrogen (secondary N) is 1. The van der Waals surface area contributed by atoms with Gasteiger partial charge in [0.2, 0.25) is 10.0 Å². The largest absolute Gasteiger partial charge is 0.496 e. The van der Waals surface area contributed by atoms with Crippen molar-refractivity contribution in [2.45, 2.75) is 35.8 Å². The van der Waals surface area contributed by atoms with Gasteiger partial charge in [0.25, 0.3) is 5.91 Å². The molecule has 1 fully saturated rings. The zero-order valence-corrected chi connectivity index (χ0v) is 15.0. The molecule has 2 rings (SSSR count). The van der Waals surface area contributed by atoms with Gasteiger partial charge in [-0.25, -0.2) is 13.9 Å². The van der Waals surface area contributed by atoms with Gasteiger partial charge in [0.05, 0.1) is 12.0 Å². The molecule has 1 saturated heterocycles. The molecule has 1 amide bonds. The molecule has 9 heteroatoms. The lowest BCUT2D eigenvalue weighted by molar-refractivity contribution is -0.133. The molecule has 2 atom stereocenters. The van der Waals surface area contributed by atoms with Crippen LogP contribution in [0.15, 0.2) is 23.1 Å². The summed E-state index contributed by atoms with van der Waals surface area (Å²) >= 11 is 1.19. The van der Waals surface area contributed by atoms with Gasteiger partial charge in [-0.2, -0.15) is 4.31 Å². The summed E-state index contributed by atoms with van der Waals surface area (Å²) in [6.07, 6.45) is 0. The quantitative estimate of drug-likeness (QED) is 0.622. The number of carbonyl (C=O) groups excluding carboxylic acids is 1. The third kappa shape index (κ3) is 3.06. The first-order valence-corrected chi connectivity index (χ1v) is 9.28. The molecule has 23 heavy (non-hydrogen) atoms. The van der Waals surface area contributed by atoms with Crippen LogP contribution in [0.2, 0.25) is 0 Å². The Morgan fingerprint density at radius 2 is 2.17 bits per heavy atom. The zero-order valence-electron chi connectivity index (χ0n) is 13.4. The summed E-state index contributed by atoms with van der Waals surface area (Å²) in [5.41, 5.74) is 2.25. The van der Waals surface area contributed by atoms with Crippen LogP contribution in [-0.2, 0) is 14.8 Å². The van der Waals surface area contributed by atoms with Crippen molar-refractivity contribution in [1.29, 1.82) is 0 Å². The number of hydrogen-bond donors (Lipinski definition) is 2. The second kappa shape index (κ2) is 6.31. The van der Waals surface area contributed by atoms with Crippen molar-refractivity contribution >= 4 is 27.7 Å². The number of nitrogens with zero attached hydrogens (tertiary/aromatic N) is 1. The SMILES string of the molecule is COc1ccc(S(=O)(=O)N2C[C@H](C)S[C@]2(C)C(=O)NO)cc1C. The number of amides is 1. The highest BCUT2D eigenvalue weighted by atomic mass is 32.2. The molecule has 0 aromatic heterocycles. The molecule has 1 aliphatic heterocycles. The average Bonchev–Trinajstić information content (AvgIpc) is 2.83. The van der Waals surface area contributed by atoms with Gasteiger partial charge in [0, 0.05) is 11.8 Å². The van der Waals surface area contributed by atoms with Gasteiger partial charge in [-0.15, -0.1) is 11.8 Å². The molecule has 1 heterocycles. The monoisotopic (exact) mass is 360 g/mol. The fourth-order valence-corrected chi connectivity index (χ4v) is 6.28. The van der Waals surface area contributed by atoms with E-state index in [0.29, 0.717) is 11.3 Å². The topological polar surface area (TPSA) is 95.9 Å². The average molecular weight is 360 g/mol. The number of methoxy groups -OCH3 is 1. The molecule has 7 nitrogen and oxygen atoms in total. The van der Waals surface area contributed by atoms with E-state index in [1.54, 1.807) is 18.5 Å². The van der Waals surface area contributed by atoms with Crippen LogP contribution in [0.1, 0.15) is 19.4 Å². The Bertz CT molecular complexity index is 722. The van der Waals surface area contributed by atoms with E-state index in [9.17, 15) is 13.2 Å². The minimum atomic E-state index is -3.90. The normalized spacial score (nSPS) is 25.3. The van der Waals surface area contributed by atoms with Crippen LogP contribution in [0, 0.1) is 6.92 Å². The van der Waals surface area contributed by atoms with Gasteiger partial charge in [-0.3, -0.25) is 10.0 Å². The number of aryl methyl sites for hydroxylation is 1. The van der Waals surface area contributed by atoms with E-state index in [-0.39, 0.29) is 16.7 Å². The molecule has 1 aromatic rings.